The van der Waals surface area contributed by atoms with Crippen molar-refractivity contribution in [2.45, 2.75) is 26.6 Å². The number of hydrogen-bond acceptors (Lipinski definition) is 6. The summed E-state index contributed by atoms with van der Waals surface area (Å²) >= 11 is 1.22. The van der Waals surface area contributed by atoms with Crippen LogP contribution >= 0.6 is 11.3 Å². The fourth-order valence-electron chi connectivity index (χ4n) is 1.22. The minimum Gasteiger partial charge on any atom is -0.346 e. The van der Waals surface area contributed by atoms with Crippen molar-refractivity contribution in [3.63, 3.8) is 0 Å². The largest absolute Gasteiger partial charge is 0.346 e. The molecular formula is C11H15NO4S. The quantitative estimate of drug-likeness (QED) is 0.403. The van der Waals surface area contributed by atoms with Crippen LogP contribution in [0.3, 0.4) is 0 Å². The SMILES string of the molecule is CCOC(OCC)C(=O)CC(=O)c1cncs1. The van der Waals surface area contributed by atoms with Crippen LogP contribution in [0.25, 0.3) is 0 Å². The number of nitrogens with zero attached hydrogens (tertiary/aromatic N) is 1. The van der Waals surface area contributed by atoms with Crippen molar-refractivity contribution in [3.05, 3.63) is 16.6 Å². The second-order valence-electron chi connectivity index (χ2n) is 3.17. The van der Waals surface area contributed by atoms with Gasteiger partial charge in [0.1, 0.15) is 0 Å². The molecule has 0 aliphatic rings. The molecule has 0 atom stereocenters. The van der Waals surface area contributed by atoms with Crippen molar-refractivity contribution >= 4 is 22.9 Å². The van der Waals surface area contributed by atoms with Crippen LogP contribution < -0.4 is 0 Å². The summed E-state index contributed by atoms with van der Waals surface area (Å²) < 4.78 is 10.3. The number of rotatable bonds is 8. The molecule has 17 heavy (non-hydrogen) atoms. The van der Waals surface area contributed by atoms with Gasteiger partial charge < -0.3 is 9.47 Å². The molecule has 0 aliphatic heterocycles. The first-order chi connectivity index (χ1) is 8.19. The minimum atomic E-state index is -0.943. The van der Waals surface area contributed by atoms with Gasteiger partial charge in [-0.2, -0.15) is 0 Å². The highest BCUT2D eigenvalue weighted by atomic mass is 32.1. The predicted molar refractivity (Wildman–Crippen MR) is 63.1 cm³/mol. The Morgan fingerprint density at radius 1 is 1.35 bits per heavy atom. The average Bonchev–Trinajstić information content (AvgIpc) is 2.82. The molecule has 0 saturated heterocycles. The highest BCUT2D eigenvalue weighted by molar-refractivity contribution is 7.11. The third-order valence-corrected chi connectivity index (χ3v) is 2.76. The van der Waals surface area contributed by atoms with Gasteiger partial charge in [0.15, 0.2) is 11.6 Å². The predicted octanol–water partition coefficient (Wildman–Crippen LogP) is 1.68. The van der Waals surface area contributed by atoms with Crippen LogP contribution in [-0.2, 0) is 14.3 Å². The van der Waals surface area contributed by atoms with Crippen molar-refractivity contribution < 1.29 is 19.1 Å². The van der Waals surface area contributed by atoms with E-state index in [0.717, 1.165) is 0 Å². The number of carbonyl (C=O) groups excluding carboxylic acids is 2. The molecular weight excluding hydrogens is 242 g/mol. The average molecular weight is 257 g/mol. The van der Waals surface area contributed by atoms with E-state index in [1.54, 1.807) is 19.4 Å². The van der Waals surface area contributed by atoms with E-state index in [9.17, 15) is 9.59 Å². The Morgan fingerprint density at radius 3 is 2.47 bits per heavy atom. The van der Waals surface area contributed by atoms with Gasteiger partial charge in [0.25, 0.3) is 0 Å². The molecule has 1 heterocycles. The molecule has 0 spiro atoms. The molecule has 0 unspecified atom stereocenters. The van der Waals surface area contributed by atoms with Gasteiger partial charge in [-0.25, -0.2) is 0 Å². The van der Waals surface area contributed by atoms with Gasteiger partial charge in [-0.3, -0.25) is 14.6 Å². The van der Waals surface area contributed by atoms with E-state index in [2.05, 4.69) is 4.98 Å². The Labute approximate surface area is 104 Å². The minimum absolute atomic E-state index is 0.215. The zero-order chi connectivity index (χ0) is 12.7. The van der Waals surface area contributed by atoms with E-state index in [1.165, 1.54) is 17.5 Å². The number of carbonyl (C=O) groups is 2. The third kappa shape index (κ3) is 4.33. The van der Waals surface area contributed by atoms with Gasteiger partial charge in [0, 0.05) is 19.4 Å². The maximum Gasteiger partial charge on any atom is 0.218 e. The lowest BCUT2D eigenvalue weighted by molar-refractivity contribution is -0.166. The van der Waals surface area contributed by atoms with Gasteiger partial charge in [-0.15, -0.1) is 11.3 Å². The number of ether oxygens (including phenoxy) is 2. The molecule has 0 aromatic carbocycles. The number of Topliss-reactive ketones (excluding diaryl/α,β-unsaturated/α-hetero) is 2. The molecule has 0 aliphatic carbocycles. The second kappa shape index (κ2) is 7.26. The Kier molecular flexibility index (Phi) is 5.96. The molecule has 1 aromatic heterocycles. The molecule has 1 rings (SSSR count). The van der Waals surface area contributed by atoms with Gasteiger partial charge >= 0.3 is 0 Å². The van der Waals surface area contributed by atoms with Crippen molar-refractivity contribution in [2.24, 2.45) is 0 Å². The molecule has 0 N–H and O–H groups in total. The lowest BCUT2D eigenvalue weighted by Crippen LogP contribution is -2.29. The smallest absolute Gasteiger partial charge is 0.218 e. The fraction of sp³-hybridized carbons (Fsp3) is 0.545. The fourth-order valence-corrected chi connectivity index (χ4v) is 1.78. The summed E-state index contributed by atoms with van der Waals surface area (Å²) in [7, 11) is 0. The van der Waals surface area contributed by atoms with E-state index in [0.29, 0.717) is 18.1 Å². The molecule has 1 aromatic rings. The van der Waals surface area contributed by atoms with Crippen LogP contribution in [0.5, 0.6) is 0 Å². The number of thiazole rings is 1. The van der Waals surface area contributed by atoms with Crippen molar-refractivity contribution in [1.29, 1.82) is 0 Å². The Hall–Kier alpha value is -1.11. The summed E-state index contributed by atoms with van der Waals surface area (Å²) in [4.78, 5) is 27.7. The van der Waals surface area contributed by atoms with Crippen LogP contribution in [0.4, 0.5) is 0 Å². The Bertz CT molecular complexity index is 358. The van der Waals surface area contributed by atoms with Crippen LogP contribution in [0.2, 0.25) is 0 Å². The van der Waals surface area contributed by atoms with Gasteiger partial charge in [-0.1, -0.05) is 0 Å². The zero-order valence-corrected chi connectivity index (χ0v) is 10.7. The highest BCUT2D eigenvalue weighted by Gasteiger charge is 2.22. The number of ketones is 2. The van der Waals surface area contributed by atoms with Crippen LogP contribution in [0.15, 0.2) is 11.7 Å². The number of hydrogen-bond donors (Lipinski definition) is 0. The van der Waals surface area contributed by atoms with Crippen LogP contribution in [0.1, 0.15) is 29.9 Å². The van der Waals surface area contributed by atoms with Crippen molar-refractivity contribution in [3.8, 4) is 0 Å². The normalized spacial score (nSPS) is 10.8. The molecule has 6 heteroatoms. The van der Waals surface area contributed by atoms with Gasteiger partial charge in [-0.05, 0) is 13.8 Å². The Balaban J connectivity index is 2.54. The molecule has 0 amide bonds. The highest BCUT2D eigenvalue weighted by Crippen LogP contribution is 2.11. The molecule has 0 bridgehead atoms. The maximum atomic E-state index is 11.7. The standard InChI is InChI=1S/C11H15NO4S/c1-3-15-11(16-4-2)9(14)5-8(13)10-6-12-7-17-10/h6-7,11H,3-5H2,1-2H3. The van der Waals surface area contributed by atoms with E-state index in [-0.39, 0.29) is 18.0 Å². The van der Waals surface area contributed by atoms with Gasteiger partial charge in [0.05, 0.1) is 16.8 Å². The zero-order valence-electron chi connectivity index (χ0n) is 9.84. The Morgan fingerprint density at radius 2 is 2.00 bits per heavy atom. The number of aromatic nitrogens is 1. The molecule has 5 nitrogen and oxygen atoms in total. The summed E-state index contributed by atoms with van der Waals surface area (Å²) in [6.45, 7) is 4.27. The van der Waals surface area contributed by atoms with Crippen LogP contribution in [0, 0.1) is 0 Å². The first kappa shape index (κ1) is 14.0. The summed E-state index contributed by atoms with van der Waals surface area (Å²) in [5, 5.41) is 0. The first-order valence-electron chi connectivity index (χ1n) is 5.36. The van der Waals surface area contributed by atoms with E-state index in [1.807, 2.05) is 0 Å². The summed E-state index contributed by atoms with van der Waals surface area (Å²) in [5.41, 5.74) is 1.56. The lowest BCUT2D eigenvalue weighted by Gasteiger charge is -2.14. The van der Waals surface area contributed by atoms with E-state index < -0.39 is 6.29 Å². The van der Waals surface area contributed by atoms with Crippen molar-refractivity contribution in [1.82, 2.24) is 4.98 Å². The third-order valence-electron chi connectivity index (χ3n) is 1.94. The second-order valence-corrected chi connectivity index (χ2v) is 4.06. The summed E-state index contributed by atoms with van der Waals surface area (Å²) in [5.74, 6) is -0.603. The monoisotopic (exact) mass is 257 g/mol. The maximum absolute atomic E-state index is 11.7. The molecule has 0 saturated carbocycles. The van der Waals surface area contributed by atoms with Crippen molar-refractivity contribution in [2.75, 3.05) is 13.2 Å². The molecule has 0 radical (unpaired) electrons. The summed E-state index contributed by atoms with van der Waals surface area (Å²) in [6, 6.07) is 0. The van der Waals surface area contributed by atoms with Gasteiger partial charge in [0.2, 0.25) is 6.29 Å². The first-order valence-corrected chi connectivity index (χ1v) is 6.24. The molecule has 0 fully saturated rings. The van der Waals surface area contributed by atoms with Crippen LogP contribution in [-0.4, -0.2) is 36.1 Å². The molecule has 94 valence electrons. The summed E-state index contributed by atoms with van der Waals surface area (Å²) in [6.07, 6.45) is 0.297. The van der Waals surface area contributed by atoms with E-state index in [4.69, 9.17) is 9.47 Å². The lowest BCUT2D eigenvalue weighted by atomic mass is 10.2. The topological polar surface area (TPSA) is 65.5 Å². The van der Waals surface area contributed by atoms with E-state index >= 15 is 0 Å².